The van der Waals surface area contributed by atoms with E-state index in [-0.39, 0.29) is 57.9 Å². The summed E-state index contributed by atoms with van der Waals surface area (Å²) in [6, 6.07) is 0. The van der Waals surface area contributed by atoms with Crippen LogP contribution in [0.1, 0.15) is 0 Å². The smallest absolute Gasteiger partial charge is 0.310 e. The van der Waals surface area contributed by atoms with E-state index in [1.54, 1.807) is 0 Å². The molecule has 0 aromatic rings. The van der Waals surface area contributed by atoms with Crippen LogP contribution < -0.4 is 0 Å². The van der Waals surface area contributed by atoms with E-state index >= 15 is 0 Å². The molecule has 2 aliphatic heterocycles. The van der Waals surface area contributed by atoms with E-state index in [4.69, 9.17) is 9.47 Å². The maximum Gasteiger partial charge on any atom is 0.310 e. The van der Waals surface area contributed by atoms with Crippen molar-refractivity contribution >= 4 is 11.9 Å². The topological polar surface area (TPSA) is 99.7 Å². The minimum absolute atomic E-state index is 0.0874. The molecule has 28 heavy (non-hydrogen) atoms. The summed E-state index contributed by atoms with van der Waals surface area (Å²) in [4.78, 5) is 26.4. The van der Waals surface area contributed by atoms with Crippen molar-refractivity contribution in [3.05, 3.63) is 0 Å². The second kappa shape index (κ2) is 2.22. The summed E-state index contributed by atoms with van der Waals surface area (Å²) < 4.78 is 13.7. The number of aliphatic carboxylic acids is 2. The summed E-state index contributed by atoms with van der Waals surface area (Å²) in [5.74, 6) is 3.02. The van der Waals surface area contributed by atoms with E-state index in [0.717, 1.165) is 0 Å². The summed E-state index contributed by atoms with van der Waals surface area (Å²) in [7, 11) is 0. The van der Waals surface area contributed by atoms with Crippen LogP contribution in [0.5, 0.6) is 0 Å². The minimum Gasteiger partial charge on any atom is -0.481 e. The molecule has 0 bridgehead atoms. The molecule has 0 aromatic carbocycles. The SMILES string of the molecule is O=C(O)C12C3C4C5C6C3C37OC38C6C3C5C56OC45C1C1C(C27)C8C3(C(=O)O)C16. The molecular formula is C22H16O6. The van der Waals surface area contributed by atoms with Gasteiger partial charge in [-0.25, -0.2) is 0 Å². The quantitative estimate of drug-likeness (QED) is 0.654. The third-order valence-corrected chi connectivity index (χ3v) is 15.2. The molecule has 0 radical (unpaired) electrons. The molecule has 12 atom stereocenters. The van der Waals surface area contributed by atoms with Gasteiger partial charge in [-0.3, -0.25) is 9.59 Å². The Kier molecular flexibility index (Phi) is 0.943. The van der Waals surface area contributed by atoms with E-state index in [9.17, 15) is 19.8 Å². The minimum atomic E-state index is -0.657. The molecule has 6 nitrogen and oxygen atoms in total. The zero-order valence-electron chi connectivity index (χ0n) is 14.6. The molecule has 4 spiro atoms. The summed E-state index contributed by atoms with van der Waals surface area (Å²) in [6.07, 6.45) is 0. The lowest BCUT2D eigenvalue weighted by Gasteiger charge is -2.38. The highest BCUT2D eigenvalue weighted by molar-refractivity contribution is 5.90. The molecule has 140 valence electrons. The van der Waals surface area contributed by atoms with Crippen LogP contribution in [-0.2, 0) is 19.1 Å². The van der Waals surface area contributed by atoms with Crippen molar-refractivity contribution in [1.82, 2.24) is 0 Å². The molecule has 14 aliphatic rings. The van der Waals surface area contributed by atoms with E-state index in [1.807, 2.05) is 0 Å². The van der Waals surface area contributed by atoms with Gasteiger partial charge in [0, 0.05) is 23.7 Å². The predicted molar refractivity (Wildman–Crippen MR) is 82.1 cm³/mol. The van der Waals surface area contributed by atoms with Gasteiger partial charge in [-0.1, -0.05) is 0 Å². The average Bonchev–Trinajstić information content (AvgIpc) is 3.12. The van der Waals surface area contributed by atoms with Crippen LogP contribution >= 0.6 is 0 Å². The molecule has 14 fully saturated rings. The molecular weight excluding hydrogens is 360 g/mol. The number of carboxylic acids is 2. The number of carboxylic acid groups (broad SMARTS) is 2. The van der Waals surface area contributed by atoms with Gasteiger partial charge in [0.05, 0.1) is 10.8 Å². The maximum absolute atomic E-state index is 13.2. The van der Waals surface area contributed by atoms with Gasteiger partial charge in [0.1, 0.15) is 22.4 Å². The second-order valence-electron chi connectivity index (χ2n) is 13.2. The Morgan fingerprint density at radius 2 is 0.857 bits per heavy atom. The van der Waals surface area contributed by atoms with Crippen molar-refractivity contribution in [1.29, 1.82) is 0 Å². The highest BCUT2D eigenvalue weighted by Crippen LogP contribution is 3.15. The van der Waals surface area contributed by atoms with Crippen molar-refractivity contribution in [3.63, 3.8) is 0 Å². The Balaban J connectivity index is 1.37. The van der Waals surface area contributed by atoms with E-state index < -0.39 is 22.8 Å². The number of hydrogen-bond donors (Lipinski definition) is 2. The molecule has 0 amide bonds. The molecule has 2 N–H and O–H groups in total. The normalized spacial score (nSPS) is 98.4. The van der Waals surface area contributed by atoms with E-state index in [1.165, 1.54) is 0 Å². The van der Waals surface area contributed by atoms with Crippen LogP contribution in [0.2, 0.25) is 0 Å². The fourth-order valence-electron chi connectivity index (χ4n) is 17.2. The lowest BCUT2D eigenvalue weighted by Crippen LogP contribution is -2.47. The van der Waals surface area contributed by atoms with Crippen LogP contribution in [0, 0.1) is 93.7 Å². The molecule has 6 heteroatoms. The van der Waals surface area contributed by atoms with Gasteiger partial charge >= 0.3 is 11.9 Å². The van der Waals surface area contributed by atoms with Crippen LogP contribution in [-0.4, -0.2) is 44.6 Å². The van der Waals surface area contributed by atoms with Gasteiger partial charge < -0.3 is 19.7 Å². The fourth-order valence-corrected chi connectivity index (χ4v) is 17.2. The van der Waals surface area contributed by atoms with E-state index in [2.05, 4.69) is 0 Å². The average molecular weight is 376 g/mol. The van der Waals surface area contributed by atoms with Gasteiger partial charge in [-0.2, -0.15) is 0 Å². The number of carbonyl (C=O) groups is 2. The number of hydrogen-bond acceptors (Lipinski definition) is 4. The Morgan fingerprint density at radius 3 is 1.14 bits per heavy atom. The zero-order valence-corrected chi connectivity index (χ0v) is 14.6. The van der Waals surface area contributed by atoms with Crippen molar-refractivity contribution in [2.75, 3.05) is 0 Å². The Labute approximate surface area is 157 Å². The van der Waals surface area contributed by atoms with Crippen molar-refractivity contribution < 1.29 is 29.3 Å². The van der Waals surface area contributed by atoms with Crippen LogP contribution in [0.25, 0.3) is 0 Å². The molecule has 12 aliphatic carbocycles. The maximum atomic E-state index is 13.2. The Hall–Kier alpha value is -1.14. The molecule has 12 saturated carbocycles. The third-order valence-electron chi connectivity index (χ3n) is 15.2. The third kappa shape index (κ3) is 0.452. The predicted octanol–water partition coefficient (Wildman–Crippen LogP) is -0.0796. The first-order chi connectivity index (χ1) is 13.5. The van der Waals surface area contributed by atoms with Gasteiger partial charge in [-0.05, 0) is 59.2 Å². The summed E-state index contributed by atoms with van der Waals surface area (Å²) in [5, 5.41) is 21.7. The first-order valence-corrected chi connectivity index (χ1v) is 11.4. The molecule has 0 aromatic heterocycles. The lowest BCUT2D eigenvalue weighted by atomic mass is 9.63. The lowest BCUT2D eigenvalue weighted by molar-refractivity contribution is -0.161. The monoisotopic (exact) mass is 376 g/mol. The first kappa shape index (κ1) is 11.9. The standard InChI is InChI=1S/C22H16O6/c23-15(24)17-9-5-1-2-7(9)21-13(17)4-3-11(17)19(5)20(27-19)6(1)10-8(2)22(21,28-21)14(4)18(10,12(3)20)16(25)26/h1-14H,(H,23,24)(H,25,26). The van der Waals surface area contributed by atoms with Gasteiger partial charge in [0.25, 0.3) is 0 Å². The molecule has 12 unspecified atom stereocenters. The van der Waals surface area contributed by atoms with Gasteiger partial charge in [-0.15, -0.1) is 0 Å². The zero-order chi connectivity index (χ0) is 17.7. The highest BCUT2D eigenvalue weighted by atomic mass is 16.7. The highest BCUT2D eigenvalue weighted by Gasteiger charge is 3.23. The van der Waals surface area contributed by atoms with Crippen LogP contribution in [0.15, 0.2) is 0 Å². The van der Waals surface area contributed by atoms with E-state index in [0.29, 0.717) is 47.3 Å². The number of rotatable bonds is 2. The van der Waals surface area contributed by atoms with Crippen molar-refractivity contribution in [2.45, 2.75) is 22.4 Å². The molecule has 2 saturated heterocycles. The summed E-state index contributed by atoms with van der Waals surface area (Å²) in [6.45, 7) is 0. The molecule has 14 rings (SSSR count). The van der Waals surface area contributed by atoms with Crippen LogP contribution in [0.3, 0.4) is 0 Å². The fraction of sp³-hybridized carbons (Fsp3) is 0.909. The van der Waals surface area contributed by atoms with Gasteiger partial charge in [0.2, 0.25) is 0 Å². The number of ether oxygens (including phenoxy) is 2. The van der Waals surface area contributed by atoms with Crippen molar-refractivity contribution in [3.8, 4) is 0 Å². The van der Waals surface area contributed by atoms with Crippen molar-refractivity contribution in [2.24, 2.45) is 93.7 Å². The van der Waals surface area contributed by atoms with Crippen LogP contribution in [0.4, 0.5) is 0 Å². The number of epoxide rings is 2. The Bertz CT molecular complexity index is 1050. The second-order valence-corrected chi connectivity index (χ2v) is 13.2. The largest absolute Gasteiger partial charge is 0.481 e. The Morgan fingerprint density at radius 1 is 0.536 bits per heavy atom. The van der Waals surface area contributed by atoms with Gasteiger partial charge in [0.15, 0.2) is 0 Å². The molecule has 2 heterocycles. The first-order valence-electron chi connectivity index (χ1n) is 11.4. The summed E-state index contributed by atoms with van der Waals surface area (Å²) >= 11 is 0. The summed E-state index contributed by atoms with van der Waals surface area (Å²) in [5.41, 5.74) is -2.31.